The summed E-state index contributed by atoms with van der Waals surface area (Å²) < 4.78 is 5.68. The second-order valence-electron chi connectivity index (χ2n) is 5.77. The molecule has 2 atom stereocenters. The fourth-order valence-corrected chi connectivity index (χ4v) is 2.98. The molecular formula is C16H22N2O2. The number of amides is 1. The number of carbonyl (C=O) groups excluding carboxylic acids is 1. The number of nitrogens with zero attached hydrogens (tertiary/aromatic N) is 1. The quantitative estimate of drug-likeness (QED) is 0.896. The molecule has 1 saturated carbocycles. The molecule has 3 rings (SSSR count). The van der Waals surface area contributed by atoms with Crippen LogP contribution in [0.1, 0.15) is 44.2 Å². The highest BCUT2D eigenvalue weighted by molar-refractivity contribution is 5.81. The van der Waals surface area contributed by atoms with E-state index in [0.29, 0.717) is 19.1 Å². The highest BCUT2D eigenvalue weighted by Crippen LogP contribution is 2.41. The molecule has 20 heavy (non-hydrogen) atoms. The van der Waals surface area contributed by atoms with E-state index in [1.807, 2.05) is 23.1 Å². The number of ether oxygens (including phenoxy) is 1. The Kier molecular flexibility index (Phi) is 3.66. The van der Waals surface area contributed by atoms with E-state index < -0.39 is 0 Å². The summed E-state index contributed by atoms with van der Waals surface area (Å²) in [6.45, 7) is 2.80. The smallest absolute Gasteiger partial charge is 0.225 e. The van der Waals surface area contributed by atoms with Crippen molar-refractivity contribution in [3.8, 4) is 5.75 Å². The summed E-state index contributed by atoms with van der Waals surface area (Å²) in [7, 11) is 0. The maximum Gasteiger partial charge on any atom is 0.225 e. The molecule has 1 aromatic rings. The Balaban J connectivity index is 1.84. The van der Waals surface area contributed by atoms with Crippen LogP contribution in [0.15, 0.2) is 24.3 Å². The van der Waals surface area contributed by atoms with Crippen molar-refractivity contribution in [3.05, 3.63) is 29.8 Å². The van der Waals surface area contributed by atoms with Gasteiger partial charge in [-0.1, -0.05) is 19.1 Å². The van der Waals surface area contributed by atoms with Crippen molar-refractivity contribution in [2.45, 2.75) is 50.7 Å². The Morgan fingerprint density at radius 2 is 2.20 bits per heavy atom. The molecule has 1 amide bonds. The lowest BCUT2D eigenvalue weighted by atomic mass is 10.0. The zero-order valence-corrected chi connectivity index (χ0v) is 11.9. The van der Waals surface area contributed by atoms with E-state index in [9.17, 15) is 4.79 Å². The van der Waals surface area contributed by atoms with Crippen LogP contribution in [-0.4, -0.2) is 29.5 Å². The first-order chi connectivity index (χ1) is 9.70. The lowest BCUT2D eigenvalue weighted by molar-refractivity contribution is -0.129. The van der Waals surface area contributed by atoms with Gasteiger partial charge in [0.05, 0.1) is 12.6 Å². The second kappa shape index (κ2) is 5.44. The lowest BCUT2D eigenvalue weighted by Crippen LogP contribution is -2.34. The SMILES string of the molecule is CCCOc1cccc(C2C(N)CC(=O)N2C2CC2)c1. The Labute approximate surface area is 119 Å². The summed E-state index contributed by atoms with van der Waals surface area (Å²) in [5.74, 6) is 1.07. The minimum Gasteiger partial charge on any atom is -0.494 e. The van der Waals surface area contributed by atoms with Crippen LogP contribution in [0.25, 0.3) is 0 Å². The second-order valence-corrected chi connectivity index (χ2v) is 5.77. The van der Waals surface area contributed by atoms with Gasteiger partial charge in [0, 0.05) is 18.5 Å². The maximum absolute atomic E-state index is 12.1. The normalized spacial score (nSPS) is 26.1. The molecule has 2 unspecified atom stereocenters. The van der Waals surface area contributed by atoms with Crippen molar-refractivity contribution in [3.63, 3.8) is 0 Å². The van der Waals surface area contributed by atoms with Gasteiger partial charge in [0.1, 0.15) is 5.75 Å². The molecule has 2 aliphatic rings. The summed E-state index contributed by atoms with van der Waals surface area (Å²) >= 11 is 0. The van der Waals surface area contributed by atoms with Crippen LogP contribution in [0.3, 0.4) is 0 Å². The molecule has 1 aliphatic carbocycles. The van der Waals surface area contributed by atoms with Crippen LogP contribution in [0.4, 0.5) is 0 Å². The predicted octanol–water partition coefficient (Wildman–Crippen LogP) is 2.24. The van der Waals surface area contributed by atoms with E-state index in [1.54, 1.807) is 0 Å². The van der Waals surface area contributed by atoms with Crippen molar-refractivity contribution in [2.24, 2.45) is 5.73 Å². The molecule has 2 fully saturated rings. The van der Waals surface area contributed by atoms with Crippen LogP contribution in [0.5, 0.6) is 5.75 Å². The molecular weight excluding hydrogens is 252 g/mol. The molecule has 0 bridgehead atoms. The van der Waals surface area contributed by atoms with Gasteiger partial charge in [0.2, 0.25) is 5.91 Å². The van der Waals surface area contributed by atoms with E-state index in [2.05, 4.69) is 13.0 Å². The van der Waals surface area contributed by atoms with Crippen molar-refractivity contribution in [1.29, 1.82) is 0 Å². The average molecular weight is 274 g/mol. The van der Waals surface area contributed by atoms with Crippen LogP contribution >= 0.6 is 0 Å². The first kappa shape index (κ1) is 13.4. The number of rotatable bonds is 5. The van der Waals surface area contributed by atoms with E-state index in [-0.39, 0.29) is 18.0 Å². The van der Waals surface area contributed by atoms with Gasteiger partial charge in [-0.05, 0) is 37.0 Å². The molecule has 1 aliphatic heterocycles. The third-order valence-electron chi connectivity index (χ3n) is 4.02. The topological polar surface area (TPSA) is 55.6 Å². The van der Waals surface area contributed by atoms with E-state index in [1.165, 1.54) is 0 Å². The van der Waals surface area contributed by atoms with Gasteiger partial charge in [0.15, 0.2) is 0 Å². The zero-order valence-electron chi connectivity index (χ0n) is 11.9. The summed E-state index contributed by atoms with van der Waals surface area (Å²) in [4.78, 5) is 14.1. The van der Waals surface area contributed by atoms with Gasteiger partial charge in [-0.15, -0.1) is 0 Å². The Morgan fingerprint density at radius 1 is 1.40 bits per heavy atom. The first-order valence-electron chi connectivity index (χ1n) is 7.50. The van der Waals surface area contributed by atoms with Crippen LogP contribution in [-0.2, 0) is 4.79 Å². The van der Waals surface area contributed by atoms with Gasteiger partial charge in [-0.25, -0.2) is 0 Å². The number of hydrogen-bond donors (Lipinski definition) is 1. The van der Waals surface area contributed by atoms with E-state index >= 15 is 0 Å². The maximum atomic E-state index is 12.1. The van der Waals surface area contributed by atoms with Crippen LogP contribution in [0, 0.1) is 0 Å². The average Bonchev–Trinajstić information content (AvgIpc) is 3.22. The van der Waals surface area contributed by atoms with Gasteiger partial charge < -0.3 is 15.4 Å². The molecule has 4 nitrogen and oxygen atoms in total. The molecule has 4 heteroatoms. The van der Waals surface area contributed by atoms with E-state index in [4.69, 9.17) is 10.5 Å². The molecule has 1 heterocycles. The van der Waals surface area contributed by atoms with Crippen molar-refractivity contribution >= 4 is 5.91 Å². The van der Waals surface area contributed by atoms with Crippen LogP contribution in [0.2, 0.25) is 0 Å². The molecule has 1 aromatic carbocycles. The van der Waals surface area contributed by atoms with Gasteiger partial charge in [-0.3, -0.25) is 4.79 Å². The Hall–Kier alpha value is -1.55. The summed E-state index contributed by atoms with van der Waals surface area (Å²) in [5, 5.41) is 0. The minimum atomic E-state index is -0.107. The number of carbonyl (C=O) groups is 1. The van der Waals surface area contributed by atoms with Gasteiger partial charge in [0.25, 0.3) is 0 Å². The third kappa shape index (κ3) is 2.52. The molecule has 0 spiro atoms. The highest BCUT2D eigenvalue weighted by Gasteiger charge is 2.45. The standard InChI is InChI=1S/C16H22N2O2/c1-2-8-20-13-5-3-4-11(9-13)16-14(17)10-15(19)18(16)12-6-7-12/h3-5,9,12,14,16H,2,6-8,10,17H2,1H3. The summed E-state index contributed by atoms with van der Waals surface area (Å²) in [6.07, 6.45) is 3.67. The molecule has 108 valence electrons. The molecule has 1 saturated heterocycles. The van der Waals surface area contributed by atoms with Crippen molar-refractivity contribution in [1.82, 2.24) is 4.90 Å². The number of likely N-dealkylation sites (tertiary alicyclic amines) is 1. The first-order valence-corrected chi connectivity index (χ1v) is 7.50. The highest BCUT2D eigenvalue weighted by atomic mass is 16.5. The number of hydrogen-bond acceptors (Lipinski definition) is 3. The van der Waals surface area contributed by atoms with Crippen LogP contribution < -0.4 is 10.5 Å². The summed E-state index contributed by atoms with van der Waals surface area (Å²) in [6, 6.07) is 8.35. The Bertz CT molecular complexity index is 499. The summed E-state index contributed by atoms with van der Waals surface area (Å²) in [5.41, 5.74) is 7.31. The fraction of sp³-hybridized carbons (Fsp3) is 0.562. The monoisotopic (exact) mass is 274 g/mol. The minimum absolute atomic E-state index is 0.0141. The van der Waals surface area contributed by atoms with E-state index in [0.717, 1.165) is 30.6 Å². The molecule has 0 radical (unpaired) electrons. The fourth-order valence-electron chi connectivity index (χ4n) is 2.98. The molecule has 0 aromatic heterocycles. The zero-order chi connectivity index (χ0) is 14.1. The van der Waals surface area contributed by atoms with Gasteiger partial charge >= 0.3 is 0 Å². The predicted molar refractivity (Wildman–Crippen MR) is 77.4 cm³/mol. The molecule has 2 N–H and O–H groups in total. The Morgan fingerprint density at radius 3 is 2.90 bits per heavy atom. The lowest BCUT2D eigenvalue weighted by Gasteiger charge is -2.27. The number of nitrogens with two attached hydrogens (primary N) is 1. The van der Waals surface area contributed by atoms with Gasteiger partial charge in [-0.2, -0.15) is 0 Å². The largest absolute Gasteiger partial charge is 0.494 e. The number of benzene rings is 1. The van der Waals surface area contributed by atoms with Crippen molar-refractivity contribution in [2.75, 3.05) is 6.61 Å². The third-order valence-corrected chi connectivity index (χ3v) is 4.02. The van der Waals surface area contributed by atoms with Crippen molar-refractivity contribution < 1.29 is 9.53 Å².